The molecule has 6 heteroatoms. The van der Waals surface area contributed by atoms with E-state index in [4.69, 9.17) is 10.5 Å². The summed E-state index contributed by atoms with van der Waals surface area (Å²) in [6.07, 6.45) is 0. The fourth-order valence-corrected chi connectivity index (χ4v) is 2.40. The molecule has 0 atom stereocenters. The topological polar surface area (TPSA) is 85.1 Å². The average Bonchev–Trinajstić information content (AvgIpc) is 2.60. The van der Waals surface area contributed by atoms with Crippen molar-refractivity contribution < 1.29 is 4.74 Å². The molecule has 25 heavy (non-hydrogen) atoms. The van der Waals surface area contributed by atoms with Gasteiger partial charge in [0.2, 0.25) is 5.95 Å². The summed E-state index contributed by atoms with van der Waals surface area (Å²) >= 11 is 0. The molecule has 0 aliphatic carbocycles. The molecule has 1 aromatic heterocycles. The van der Waals surface area contributed by atoms with Crippen LogP contribution in [0.4, 0.5) is 28.8 Å². The highest BCUT2D eigenvalue weighted by atomic mass is 16.5. The fraction of sp³-hybridized carbons (Fsp3) is 0.158. The number of hydrogen-bond acceptors (Lipinski definition) is 6. The summed E-state index contributed by atoms with van der Waals surface area (Å²) in [7, 11) is 1.64. The first-order valence-electron chi connectivity index (χ1n) is 7.94. The lowest BCUT2D eigenvalue weighted by atomic mass is 10.2. The van der Waals surface area contributed by atoms with Crippen molar-refractivity contribution in [1.82, 2.24) is 9.97 Å². The third-order valence-corrected chi connectivity index (χ3v) is 3.76. The van der Waals surface area contributed by atoms with Gasteiger partial charge in [0, 0.05) is 11.4 Å². The second-order valence-electron chi connectivity index (χ2n) is 5.74. The summed E-state index contributed by atoms with van der Waals surface area (Å²) in [4.78, 5) is 8.93. The Labute approximate surface area is 147 Å². The minimum atomic E-state index is 0.494. The van der Waals surface area contributed by atoms with Crippen LogP contribution in [0.5, 0.6) is 5.75 Å². The molecule has 0 saturated heterocycles. The van der Waals surface area contributed by atoms with Crippen molar-refractivity contribution in [3.63, 3.8) is 0 Å². The van der Waals surface area contributed by atoms with E-state index < -0.39 is 0 Å². The number of rotatable bonds is 5. The SMILES string of the molecule is COc1ccc(Nc2nc(Nc3cccc(C)c3)nc(C)c2N)cc1. The van der Waals surface area contributed by atoms with Gasteiger partial charge in [-0.15, -0.1) is 0 Å². The van der Waals surface area contributed by atoms with Crippen LogP contribution in [0.2, 0.25) is 0 Å². The number of ether oxygens (including phenoxy) is 1. The van der Waals surface area contributed by atoms with Crippen LogP contribution < -0.4 is 21.1 Å². The van der Waals surface area contributed by atoms with Gasteiger partial charge in [-0.25, -0.2) is 4.98 Å². The minimum Gasteiger partial charge on any atom is -0.497 e. The number of nitrogens with two attached hydrogens (primary N) is 1. The highest BCUT2D eigenvalue weighted by Gasteiger charge is 2.10. The lowest BCUT2D eigenvalue weighted by molar-refractivity contribution is 0.415. The van der Waals surface area contributed by atoms with Crippen LogP contribution >= 0.6 is 0 Å². The summed E-state index contributed by atoms with van der Waals surface area (Å²) < 4.78 is 5.17. The highest BCUT2D eigenvalue weighted by molar-refractivity contribution is 5.72. The Hall–Kier alpha value is -3.28. The zero-order valence-corrected chi connectivity index (χ0v) is 14.5. The van der Waals surface area contributed by atoms with Crippen LogP contribution in [-0.2, 0) is 0 Å². The van der Waals surface area contributed by atoms with Crippen LogP contribution in [0.3, 0.4) is 0 Å². The van der Waals surface area contributed by atoms with Crippen molar-refractivity contribution in [3.8, 4) is 5.75 Å². The van der Waals surface area contributed by atoms with E-state index in [0.717, 1.165) is 22.7 Å². The molecule has 4 N–H and O–H groups in total. The predicted octanol–water partition coefficient (Wildman–Crippen LogP) is 4.17. The Morgan fingerprint density at radius 2 is 1.68 bits per heavy atom. The largest absolute Gasteiger partial charge is 0.497 e. The Bertz CT molecular complexity index is 877. The Balaban J connectivity index is 1.87. The summed E-state index contributed by atoms with van der Waals surface area (Å²) in [5, 5.41) is 6.45. The van der Waals surface area contributed by atoms with Crippen molar-refractivity contribution in [3.05, 3.63) is 59.8 Å². The quantitative estimate of drug-likeness (QED) is 0.649. The van der Waals surface area contributed by atoms with Gasteiger partial charge in [-0.1, -0.05) is 12.1 Å². The maximum absolute atomic E-state index is 6.13. The molecular weight excluding hydrogens is 314 g/mol. The predicted molar refractivity (Wildman–Crippen MR) is 102 cm³/mol. The van der Waals surface area contributed by atoms with Gasteiger partial charge in [0.25, 0.3) is 0 Å². The standard InChI is InChI=1S/C19H21N5O/c1-12-5-4-6-15(11-12)23-19-21-13(2)17(20)18(24-19)22-14-7-9-16(25-3)10-8-14/h4-11H,20H2,1-3H3,(H2,21,22,23,24). The van der Waals surface area contributed by atoms with Crippen LogP contribution in [0.15, 0.2) is 48.5 Å². The molecule has 3 aromatic rings. The summed E-state index contributed by atoms with van der Waals surface area (Å²) in [6.45, 7) is 3.90. The molecule has 0 aliphatic heterocycles. The molecule has 0 saturated carbocycles. The number of aryl methyl sites for hydroxylation is 2. The molecular formula is C19H21N5O. The van der Waals surface area contributed by atoms with Crippen LogP contribution in [-0.4, -0.2) is 17.1 Å². The van der Waals surface area contributed by atoms with Crippen LogP contribution in [0, 0.1) is 13.8 Å². The summed E-state index contributed by atoms with van der Waals surface area (Å²) in [5.41, 5.74) is 10.3. The van der Waals surface area contributed by atoms with Crippen molar-refractivity contribution in [2.75, 3.05) is 23.5 Å². The van der Waals surface area contributed by atoms with Crippen molar-refractivity contribution >= 4 is 28.8 Å². The monoisotopic (exact) mass is 335 g/mol. The van der Waals surface area contributed by atoms with Crippen molar-refractivity contribution in [2.45, 2.75) is 13.8 Å². The van der Waals surface area contributed by atoms with E-state index in [1.165, 1.54) is 0 Å². The number of hydrogen-bond donors (Lipinski definition) is 3. The molecule has 2 aromatic carbocycles. The molecule has 6 nitrogen and oxygen atoms in total. The molecule has 0 fully saturated rings. The number of nitrogen functional groups attached to an aromatic ring is 1. The van der Waals surface area contributed by atoms with Gasteiger partial charge in [-0.2, -0.15) is 4.98 Å². The molecule has 0 aliphatic rings. The Morgan fingerprint density at radius 3 is 2.36 bits per heavy atom. The molecule has 128 valence electrons. The molecule has 0 bridgehead atoms. The molecule has 0 radical (unpaired) electrons. The summed E-state index contributed by atoms with van der Waals surface area (Å²) in [6, 6.07) is 15.6. The smallest absolute Gasteiger partial charge is 0.229 e. The third kappa shape index (κ3) is 3.98. The van der Waals surface area contributed by atoms with Crippen LogP contribution in [0.1, 0.15) is 11.3 Å². The summed E-state index contributed by atoms with van der Waals surface area (Å²) in [5.74, 6) is 1.85. The van der Waals surface area contributed by atoms with E-state index in [-0.39, 0.29) is 0 Å². The zero-order chi connectivity index (χ0) is 17.8. The zero-order valence-electron chi connectivity index (χ0n) is 14.5. The van der Waals surface area contributed by atoms with Gasteiger partial charge in [0.1, 0.15) is 5.75 Å². The van der Waals surface area contributed by atoms with Gasteiger partial charge in [0.05, 0.1) is 18.5 Å². The van der Waals surface area contributed by atoms with Gasteiger partial charge < -0.3 is 21.1 Å². The van der Waals surface area contributed by atoms with E-state index in [1.807, 2.05) is 62.4 Å². The number of nitrogens with one attached hydrogen (secondary N) is 2. The minimum absolute atomic E-state index is 0.494. The van der Waals surface area contributed by atoms with E-state index >= 15 is 0 Å². The van der Waals surface area contributed by atoms with Gasteiger partial charge in [-0.05, 0) is 55.8 Å². The van der Waals surface area contributed by atoms with E-state index in [9.17, 15) is 0 Å². The van der Waals surface area contributed by atoms with E-state index in [2.05, 4.69) is 20.6 Å². The number of nitrogens with zero attached hydrogens (tertiary/aromatic N) is 2. The van der Waals surface area contributed by atoms with Crippen molar-refractivity contribution in [2.24, 2.45) is 0 Å². The fourth-order valence-electron chi connectivity index (χ4n) is 2.40. The van der Waals surface area contributed by atoms with E-state index in [0.29, 0.717) is 23.1 Å². The second-order valence-corrected chi connectivity index (χ2v) is 5.74. The lowest BCUT2D eigenvalue weighted by Crippen LogP contribution is -2.07. The van der Waals surface area contributed by atoms with E-state index in [1.54, 1.807) is 7.11 Å². The first-order valence-corrected chi connectivity index (χ1v) is 7.94. The maximum atomic E-state index is 6.13. The van der Waals surface area contributed by atoms with Gasteiger partial charge >= 0.3 is 0 Å². The van der Waals surface area contributed by atoms with Crippen LogP contribution in [0.25, 0.3) is 0 Å². The molecule has 3 rings (SSSR count). The highest BCUT2D eigenvalue weighted by Crippen LogP contribution is 2.26. The molecule has 1 heterocycles. The normalized spacial score (nSPS) is 10.4. The number of aromatic nitrogens is 2. The third-order valence-electron chi connectivity index (χ3n) is 3.76. The number of anilines is 5. The van der Waals surface area contributed by atoms with Gasteiger partial charge in [-0.3, -0.25) is 0 Å². The average molecular weight is 335 g/mol. The number of benzene rings is 2. The lowest BCUT2D eigenvalue weighted by Gasteiger charge is -2.13. The van der Waals surface area contributed by atoms with Gasteiger partial charge in [0.15, 0.2) is 5.82 Å². The first kappa shape index (κ1) is 16.6. The molecule has 0 amide bonds. The van der Waals surface area contributed by atoms with Crippen molar-refractivity contribution in [1.29, 1.82) is 0 Å². The maximum Gasteiger partial charge on any atom is 0.229 e. The Morgan fingerprint density at radius 1 is 0.920 bits per heavy atom. The second kappa shape index (κ2) is 7.09. The Kier molecular flexibility index (Phi) is 4.70. The molecule has 0 spiro atoms. The first-order chi connectivity index (χ1) is 12.0. The number of methoxy groups -OCH3 is 1. The molecule has 0 unspecified atom stereocenters.